The molecule has 0 fully saturated rings. The fraction of sp³-hybridized carbons (Fsp3) is 0.423. The van der Waals surface area contributed by atoms with Crippen molar-refractivity contribution < 1.29 is 14.6 Å². The van der Waals surface area contributed by atoms with Gasteiger partial charge in [0, 0.05) is 12.3 Å². The van der Waals surface area contributed by atoms with Crippen molar-refractivity contribution in [1.29, 1.82) is 0 Å². The SMILES string of the molecule is CC(CCCc1ccccc1)c1cc(O)c2c(c1)OC(C)(C)C1CCC(=O)C=C21. The summed E-state index contributed by atoms with van der Waals surface area (Å²) in [5, 5.41) is 10.9. The Kier molecular flexibility index (Phi) is 5.24. The van der Waals surface area contributed by atoms with Crippen molar-refractivity contribution in [2.45, 2.75) is 64.4 Å². The summed E-state index contributed by atoms with van der Waals surface area (Å²) < 4.78 is 6.36. The summed E-state index contributed by atoms with van der Waals surface area (Å²) in [4.78, 5) is 12.1. The van der Waals surface area contributed by atoms with Crippen molar-refractivity contribution >= 4 is 11.4 Å². The fourth-order valence-electron chi connectivity index (χ4n) is 4.81. The molecule has 2 aromatic rings. The van der Waals surface area contributed by atoms with Gasteiger partial charge in [-0.25, -0.2) is 0 Å². The zero-order valence-electron chi connectivity index (χ0n) is 17.6. The average molecular weight is 391 g/mol. The van der Waals surface area contributed by atoms with E-state index in [1.165, 1.54) is 5.56 Å². The summed E-state index contributed by atoms with van der Waals surface area (Å²) in [6.45, 7) is 6.36. The molecule has 3 nitrogen and oxygen atoms in total. The predicted octanol–water partition coefficient (Wildman–Crippen LogP) is 6.05. The van der Waals surface area contributed by atoms with E-state index >= 15 is 0 Å². The monoisotopic (exact) mass is 390 g/mol. The second-order valence-electron chi connectivity index (χ2n) is 9.05. The van der Waals surface area contributed by atoms with Crippen molar-refractivity contribution in [2.75, 3.05) is 0 Å². The quantitative estimate of drug-likeness (QED) is 0.676. The lowest BCUT2D eigenvalue weighted by Gasteiger charge is -2.43. The number of hydrogen-bond acceptors (Lipinski definition) is 3. The van der Waals surface area contributed by atoms with Crippen LogP contribution in [0.4, 0.5) is 0 Å². The summed E-state index contributed by atoms with van der Waals surface area (Å²) in [7, 11) is 0. The van der Waals surface area contributed by atoms with Gasteiger partial charge in [-0.05, 0) is 80.4 Å². The first-order chi connectivity index (χ1) is 13.8. The normalized spacial score (nSPS) is 20.9. The Bertz CT molecular complexity index is 940. The van der Waals surface area contributed by atoms with Crippen molar-refractivity contribution in [1.82, 2.24) is 0 Å². The number of ether oxygens (including phenoxy) is 1. The number of allylic oxidation sites excluding steroid dienone is 1. The Balaban J connectivity index is 1.57. The maximum Gasteiger partial charge on any atom is 0.156 e. The average Bonchev–Trinajstić information content (AvgIpc) is 2.67. The molecular formula is C26H30O3. The van der Waals surface area contributed by atoms with Crippen LogP contribution in [0.2, 0.25) is 0 Å². The highest BCUT2D eigenvalue weighted by molar-refractivity contribution is 6.01. The van der Waals surface area contributed by atoms with E-state index < -0.39 is 0 Å². The number of aromatic hydroxyl groups is 1. The topological polar surface area (TPSA) is 46.5 Å². The molecule has 0 saturated carbocycles. The highest BCUT2D eigenvalue weighted by atomic mass is 16.5. The molecule has 29 heavy (non-hydrogen) atoms. The lowest BCUT2D eigenvalue weighted by molar-refractivity contribution is -0.115. The molecule has 0 saturated heterocycles. The molecule has 0 aromatic heterocycles. The number of rotatable bonds is 5. The molecule has 1 N–H and O–H groups in total. The van der Waals surface area contributed by atoms with Crippen LogP contribution in [0, 0.1) is 5.92 Å². The third-order valence-corrected chi connectivity index (χ3v) is 6.49. The maximum absolute atomic E-state index is 12.1. The van der Waals surface area contributed by atoms with Crippen LogP contribution < -0.4 is 4.74 Å². The Labute approximate surface area is 173 Å². The second kappa shape index (κ2) is 7.70. The van der Waals surface area contributed by atoms with Gasteiger partial charge in [-0.2, -0.15) is 0 Å². The first-order valence-corrected chi connectivity index (χ1v) is 10.7. The molecule has 1 heterocycles. The lowest BCUT2D eigenvalue weighted by Crippen LogP contribution is -2.43. The number of carbonyl (C=O) groups excluding carboxylic acids is 1. The van der Waals surface area contributed by atoms with E-state index in [2.05, 4.69) is 51.1 Å². The van der Waals surface area contributed by atoms with Gasteiger partial charge in [0.05, 0.1) is 5.56 Å². The lowest BCUT2D eigenvalue weighted by atomic mass is 9.72. The first kappa shape index (κ1) is 19.8. The van der Waals surface area contributed by atoms with Crippen LogP contribution in [0.15, 0.2) is 48.5 Å². The number of carbonyl (C=O) groups is 1. The number of ketones is 1. The molecule has 1 aliphatic carbocycles. The van der Waals surface area contributed by atoms with Gasteiger partial charge in [-0.1, -0.05) is 37.3 Å². The van der Waals surface area contributed by atoms with Crippen LogP contribution in [0.25, 0.3) is 5.57 Å². The molecule has 2 atom stereocenters. The Morgan fingerprint density at radius 1 is 1.21 bits per heavy atom. The van der Waals surface area contributed by atoms with E-state index in [9.17, 15) is 9.90 Å². The number of fused-ring (bicyclic) bond motifs is 3. The fourth-order valence-corrected chi connectivity index (χ4v) is 4.81. The highest BCUT2D eigenvalue weighted by Gasteiger charge is 2.43. The third kappa shape index (κ3) is 3.96. The Morgan fingerprint density at radius 2 is 1.97 bits per heavy atom. The van der Waals surface area contributed by atoms with E-state index in [1.807, 2.05) is 12.1 Å². The minimum atomic E-state index is -0.388. The molecule has 152 valence electrons. The van der Waals surface area contributed by atoms with Gasteiger partial charge in [-0.3, -0.25) is 4.79 Å². The van der Waals surface area contributed by atoms with E-state index in [4.69, 9.17) is 4.74 Å². The summed E-state index contributed by atoms with van der Waals surface area (Å²) in [5.74, 6) is 1.53. The molecule has 0 spiro atoms. The van der Waals surface area contributed by atoms with Crippen molar-refractivity contribution in [3.8, 4) is 11.5 Å². The number of phenolic OH excluding ortho intramolecular Hbond substituents is 1. The highest BCUT2D eigenvalue weighted by Crippen LogP contribution is 2.52. The molecule has 0 amide bonds. The predicted molar refractivity (Wildman–Crippen MR) is 116 cm³/mol. The minimum absolute atomic E-state index is 0.132. The first-order valence-electron chi connectivity index (χ1n) is 10.7. The molecule has 2 aromatic carbocycles. The largest absolute Gasteiger partial charge is 0.507 e. The van der Waals surface area contributed by atoms with Gasteiger partial charge < -0.3 is 9.84 Å². The number of phenols is 1. The third-order valence-electron chi connectivity index (χ3n) is 6.49. The van der Waals surface area contributed by atoms with Gasteiger partial charge in [0.15, 0.2) is 5.78 Å². The van der Waals surface area contributed by atoms with Crippen molar-refractivity contribution in [2.24, 2.45) is 5.92 Å². The van der Waals surface area contributed by atoms with Crippen LogP contribution in [0.1, 0.15) is 69.1 Å². The number of aryl methyl sites for hydroxylation is 1. The molecule has 0 radical (unpaired) electrons. The second-order valence-corrected chi connectivity index (χ2v) is 9.05. The smallest absolute Gasteiger partial charge is 0.156 e. The van der Waals surface area contributed by atoms with E-state index in [0.29, 0.717) is 23.7 Å². The molecule has 4 rings (SSSR count). The van der Waals surface area contributed by atoms with E-state index in [0.717, 1.165) is 36.8 Å². The van der Waals surface area contributed by atoms with Crippen LogP contribution >= 0.6 is 0 Å². The molecule has 1 aliphatic heterocycles. The van der Waals surface area contributed by atoms with Gasteiger partial charge >= 0.3 is 0 Å². The van der Waals surface area contributed by atoms with E-state index in [1.54, 1.807) is 6.08 Å². The van der Waals surface area contributed by atoms with Crippen LogP contribution in [-0.4, -0.2) is 16.5 Å². The number of hydrogen-bond donors (Lipinski definition) is 1. The van der Waals surface area contributed by atoms with Crippen molar-refractivity contribution in [3.05, 3.63) is 65.2 Å². The minimum Gasteiger partial charge on any atom is -0.507 e. The van der Waals surface area contributed by atoms with Gasteiger partial charge in [0.25, 0.3) is 0 Å². The van der Waals surface area contributed by atoms with Crippen molar-refractivity contribution in [3.63, 3.8) is 0 Å². The summed E-state index contributed by atoms with van der Waals surface area (Å²) in [5.41, 5.74) is 3.71. The molecule has 2 aliphatic rings. The molecular weight excluding hydrogens is 360 g/mol. The summed E-state index contributed by atoms with van der Waals surface area (Å²) in [6.07, 6.45) is 6.24. The van der Waals surface area contributed by atoms with Gasteiger partial charge in [0.1, 0.15) is 17.1 Å². The molecule has 3 heteroatoms. The zero-order valence-corrected chi connectivity index (χ0v) is 17.6. The van der Waals surface area contributed by atoms with Gasteiger partial charge in [-0.15, -0.1) is 0 Å². The molecule has 0 bridgehead atoms. The van der Waals surface area contributed by atoms with Gasteiger partial charge in [0.2, 0.25) is 0 Å². The maximum atomic E-state index is 12.1. The summed E-state index contributed by atoms with van der Waals surface area (Å²) >= 11 is 0. The van der Waals surface area contributed by atoms with Crippen LogP contribution in [-0.2, 0) is 11.2 Å². The molecule has 2 unspecified atom stereocenters. The van der Waals surface area contributed by atoms with Crippen LogP contribution in [0.3, 0.4) is 0 Å². The standard InChI is InChI=1S/C26H30O3/c1-17(8-7-11-18-9-5-4-6-10-18)19-14-23(28)25-21-16-20(27)12-13-22(21)26(2,3)29-24(25)15-19/h4-6,9-10,14-17,22,28H,7-8,11-13H2,1-3H3. The Hall–Kier alpha value is -2.55. The van der Waals surface area contributed by atoms with Crippen LogP contribution in [0.5, 0.6) is 11.5 Å². The summed E-state index contributed by atoms with van der Waals surface area (Å²) in [6, 6.07) is 14.5. The number of benzene rings is 2. The Morgan fingerprint density at radius 3 is 2.72 bits per heavy atom. The van der Waals surface area contributed by atoms with E-state index in [-0.39, 0.29) is 23.1 Å². The zero-order chi connectivity index (χ0) is 20.6.